The first kappa shape index (κ1) is 8.50. The maximum absolute atomic E-state index is 11.1. The number of nitrogens with zero attached hydrogens (tertiary/aromatic N) is 2. The first-order chi connectivity index (χ1) is 6.07. The summed E-state index contributed by atoms with van der Waals surface area (Å²) in [5, 5.41) is 0. The van der Waals surface area contributed by atoms with Crippen molar-refractivity contribution in [3.63, 3.8) is 0 Å². The third kappa shape index (κ3) is 1.65. The zero-order valence-corrected chi connectivity index (χ0v) is 8.08. The third-order valence-corrected chi connectivity index (χ3v) is 3.14. The molecule has 2 aliphatic rings. The van der Waals surface area contributed by atoms with E-state index >= 15 is 0 Å². The summed E-state index contributed by atoms with van der Waals surface area (Å²) < 4.78 is 25.9. The van der Waals surface area contributed by atoms with Gasteiger partial charge in [-0.3, -0.25) is 0 Å². The van der Waals surface area contributed by atoms with E-state index in [1.807, 2.05) is 24.1 Å². The van der Waals surface area contributed by atoms with Crippen LogP contribution in [0.3, 0.4) is 0 Å². The second kappa shape index (κ2) is 2.70. The Kier molecular flexibility index (Phi) is 1.76. The third-order valence-electron chi connectivity index (χ3n) is 1.97. The first-order valence-electron chi connectivity index (χ1n) is 4.03. The summed E-state index contributed by atoms with van der Waals surface area (Å²) in [6, 6.07) is 0. The van der Waals surface area contributed by atoms with Gasteiger partial charge in [0.1, 0.15) is 5.84 Å². The summed E-state index contributed by atoms with van der Waals surface area (Å²) in [6.07, 6.45) is 5.50. The van der Waals surface area contributed by atoms with Crippen molar-refractivity contribution in [3.8, 4) is 0 Å². The quantitative estimate of drug-likeness (QED) is 0.569. The van der Waals surface area contributed by atoms with E-state index in [-0.39, 0.29) is 5.75 Å². The van der Waals surface area contributed by atoms with Gasteiger partial charge in [-0.25, -0.2) is 8.42 Å². The molecular formula is C8H10N2O2S. The molecule has 0 spiro atoms. The Bertz CT molecular complexity index is 417. The van der Waals surface area contributed by atoms with E-state index in [1.54, 1.807) is 6.08 Å². The highest BCUT2D eigenvalue weighted by molar-refractivity contribution is 7.90. The van der Waals surface area contributed by atoms with Gasteiger partial charge >= 0.3 is 0 Å². The van der Waals surface area contributed by atoms with Crippen molar-refractivity contribution in [1.82, 2.24) is 4.90 Å². The van der Waals surface area contributed by atoms with Crippen LogP contribution in [0.25, 0.3) is 0 Å². The number of hydrogen-bond acceptors (Lipinski definition) is 3. The van der Waals surface area contributed by atoms with Crippen molar-refractivity contribution in [1.29, 1.82) is 0 Å². The Hall–Kier alpha value is -1.10. The van der Waals surface area contributed by atoms with Gasteiger partial charge in [0.05, 0.1) is 5.75 Å². The van der Waals surface area contributed by atoms with Gasteiger partial charge in [-0.05, 0) is 18.6 Å². The van der Waals surface area contributed by atoms with E-state index in [4.69, 9.17) is 0 Å². The minimum Gasteiger partial charge on any atom is -0.331 e. The van der Waals surface area contributed by atoms with E-state index in [0.29, 0.717) is 12.4 Å². The van der Waals surface area contributed by atoms with Crippen molar-refractivity contribution < 1.29 is 8.42 Å². The Balaban J connectivity index is 2.42. The molecule has 0 atom stereocenters. The molecule has 70 valence electrons. The Morgan fingerprint density at radius 2 is 2.23 bits per heavy atom. The Morgan fingerprint density at radius 1 is 1.46 bits per heavy atom. The molecule has 0 bridgehead atoms. The van der Waals surface area contributed by atoms with E-state index in [2.05, 4.69) is 4.40 Å². The molecule has 0 fully saturated rings. The van der Waals surface area contributed by atoms with E-state index in [0.717, 1.165) is 5.57 Å². The molecule has 0 aromatic rings. The molecule has 5 heteroatoms. The molecule has 0 aliphatic carbocycles. The van der Waals surface area contributed by atoms with Crippen LogP contribution in [0.4, 0.5) is 0 Å². The van der Waals surface area contributed by atoms with Gasteiger partial charge < -0.3 is 4.90 Å². The highest BCUT2D eigenvalue weighted by Crippen LogP contribution is 2.14. The van der Waals surface area contributed by atoms with E-state index < -0.39 is 10.0 Å². The summed E-state index contributed by atoms with van der Waals surface area (Å²) >= 11 is 0. The fourth-order valence-corrected chi connectivity index (χ4v) is 2.29. The molecule has 0 aromatic carbocycles. The SMILES string of the molecule is CC1=CN2CCS(=O)(=O)N=C2C=C1. The van der Waals surface area contributed by atoms with Crippen LogP contribution >= 0.6 is 0 Å². The summed E-state index contributed by atoms with van der Waals surface area (Å²) in [7, 11) is -3.20. The maximum Gasteiger partial charge on any atom is 0.256 e. The molecule has 2 rings (SSSR count). The van der Waals surface area contributed by atoms with Crippen molar-refractivity contribution in [2.24, 2.45) is 4.40 Å². The molecule has 0 radical (unpaired) electrons. The highest BCUT2D eigenvalue weighted by atomic mass is 32.2. The van der Waals surface area contributed by atoms with Crippen LogP contribution in [0.2, 0.25) is 0 Å². The molecule has 0 amide bonds. The molecule has 13 heavy (non-hydrogen) atoms. The lowest BCUT2D eigenvalue weighted by Crippen LogP contribution is -2.36. The average molecular weight is 198 g/mol. The van der Waals surface area contributed by atoms with Crippen molar-refractivity contribution in [2.45, 2.75) is 6.92 Å². The van der Waals surface area contributed by atoms with Crippen LogP contribution in [0.1, 0.15) is 6.92 Å². The van der Waals surface area contributed by atoms with Crippen LogP contribution in [0.5, 0.6) is 0 Å². The molecule has 2 aliphatic heterocycles. The van der Waals surface area contributed by atoms with Gasteiger partial charge in [0.2, 0.25) is 0 Å². The van der Waals surface area contributed by atoms with Crippen LogP contribution in [0, 0.1) is 0 Å². The molecular weight excluding hydrogens is 188 g/mol. The first-order valence-corrected chi connectivity index (χ1v) is 5.63. The normalized spacial score (nSPS) is 24.8. The Morgan fingerprint density at radius 3 is 3.00 bits per heavy atom. The zero-order valence-electron chi connectivity index (χ0n) is 7.27. The molecule has 0 unspecified atom stereocenters. The standard InChI is InChI=1S/C8H10N2O2S/c1-7-2-3-8-9-13(11,12)5-4-10(8)6-7/h2-3,6H,4-5H2,1H3. The molecule has 0 N–H and O–H groups in total. The van der Waals surface area contributed by atoms with Crippen molar-refractivity contribution in [2.75, 3.05) is 12.3 Å². The fourth-order valence-electron chi connectivity index (χ4n) is 1.32. The summed E-state index contributed by atoms with van der Waals surface area (Å²) in [4.78, 5) is 1.86. The predicted molar refractivity (Wildman–Crippen MR) is 50.8 cm³/mol. The van der Waals surface area contributed by atoms with Crippen LogP contribution in [0.15, 0.2) is 28.3 Å². The molecule has 0 saturated carbocycles. The van der Waals surface area contributed by atoms with Gasteiger partial charge in [0.25, 0.3) is 10.0 Å². The average Bonchev–Trinajstić information content (AvgIpc) is 2.05. The number of fused-ring (bicyclic) bond motifs is 1. The zero-order chi connectivity index (χ0) is 9.47. The fraction of sp³-hybridized carbons (Fsp3) is 0.375. The lowest BCUT2D eigenvalue weighted by atomic mass is 10.2. The topological polar surface area (TPSA) is 49.7 Å². The smallest absolute Gasteiger partial charge is 0.256 e. The van der Waals surface area contributed by atoms with Gasteiger partial charge in [-0.1, -0.05) is 6.08 Å². The number of allylic oxidation sites excluding steroid dienone is 2. The van der Waals surface area contributed by atoms with Crippen LogP contribution in [-0.4, -0.2) is 31.5 Å². The second-order valence-corrected chi connectivity index (χ2v) is 4.89. The molecule has 0 saturated heterocycles. The number of amidine groups is 1. The summed E-state index contributed by atoms with van der Waals surface area (Å²) in [6.45, 7) is 2.47. The summed E-state index contributed by atoms with van der Waals surface area (Å²) in [5.41, 5.74) is 1.11. The second-order valence-electron chi connectivity index (χ2n) is 3.14. The monoisotopic (exact) mass is 198 g/mol. The lowest BCUT2D eigenvalue weighted by molar-refractivity contribution is 0.546. The van der Waals surface area contributed by atoms with Crippen LogP contribution < -0.4 is 0 Å². The predicted octanol–water partition coefficient (Wildman–Crippen LogP) is 0.504. The maximum atomic E-state index is 11.1. The minimum absolute atomic E-state index is 0.105. The number of hydrogen-bond donors (Lipinski definition) is 0. The molecule has 0 aromatic heterocycles. The number of rotatable bonds is 0. The van der Waals surface area contributed by atoms with Crippen molar-refractivity contribution >= 4 is 15.9 Å². The summed E-state index contributed by atoms with van der Waals surface area (Å²) in [5.74, 6) is 0.630. The van der Waals surface area contributed by atoms with E-state index in [9.17, 15) is 8.42 Å². The van der Waals surface area contributed by atoms with Gasteiger partial charge in [0.15, 0.2) is 0 Å². The van der Waals surface area contributed by atoms with Gasteiger partial charge in [-0.15, -0.1) is 4.40 Å². The van der Waals surface area contributed by atoms with Crippen LogP contribution in [-0.2, 0) is 10.0 Å². The van der Waals surface area contributed by atoms with Gasteiger partial charge in [0, 0.05) is 12.7 Å². The largest absolute Gasteiger partial charge is 0.331 e. The highest BCUT2D eigenvalue weighted by Gasteiger charge is 2.22. The van der Waals surface area contributed by atoms with Gasteiger partial charge in [-0.2, -0.15) is 0 Å². The Labute approximate surface area is 77.3 Å². The molecule has 2 heterocycles. The van der Waals surface area contributed by atoms with E-state index in [1.165, 1.54) is 0 Å². The minimum atomic E-state index is -3.20. The number of sulfonamides is 1. The van der Waals surface area contributed by atoms with Crippen molar-refractivity contribution in [3.05, 3.63) is 23.9 Å². The molecule has 4 nitrogen and oxygen atoms in total. The lowest BCUT2D eigenvalue weighted by Gasteiger charge is -2.26.